The van der Waals surface area contributed by atoms with Gasteiger partial charge in [-0.2, -0.15) is 0 Å². The van der Waals surface area contributed by atoms with Crippen molar-refractivity contribution < 1.29 is 0 Å². The molecule has 0 saturated heterocycles. The number of benzene rings is 1. The lowest BCUT2D eigenvalue weighted by molar-refractivity contribution is 0.852. The predicted octanol–water partition coefficient (Wildman–Crippen LogP) is 3.45. The molecule has 0 aliphatic carbocycles. The first kappa shape index (κ1) is 12.7. The largest absolute Gasteiger partial charge is 0.383 e. The molecule has 19 heavy (non-hydrogen) atoms. The Bertz CT molecular complexity index is 632. The van der Waals surface area contributed by atoms with Crippen LogP contribution in [0.5, 0.6) is 0 Å². The Balaban J connectivity index is 1.97. The van der Waals surface area contributed by atoms with E-state index in [9.17, 15) is 0 Å². The number of aromatic nitrogens is 2. The van der Waals surface area contributed by atoms with E-state index in [1.165, 1.54) is 17.5 Å². The Kier molecular flexibility index (Phi) is 3.33. The summed E-state index contributed by atoms with van der Waals surface area (Å²) in [4.78, 5) is 10.5. The molecule has 1 aliphatic rings. The SMILES string of the molecule is CNc1c(Cl)ncnc1N1Cc2ccc(Br)cc2C1. The van der Waals surface area contributed by atoms with Crippen LogP contribution in [0, 0.1) is 0 Å². The van der Waals surface area contributed by atoms with Gasteiger partial charge in [0.15, 0.2) is 11.0 Å². The topological polar surface area (TPSA) is 41.1 Å². The first-order valence-electron chi connectivity index (χ1n) is 5.89. The first-order chi connectivity index (χ1) is 9.19. The van der Waals surface area contributed by atoms with Crippen LogP contribution in [0.2, 0.25) is 5.15 Å². The number of nitrogens with zero attached hydrogens (tertiary/aromatic N) is 3. The van der Waals surface area contributed by atoms with Crippen molar-refractivity contribution in [2.45, 2.75) is 13.1 Å². The predicted molar refractivity (Wildman–Crippen MR) is 80.6 cm³/mol. The fourth-order valence-corrected chi connectivity index (χ4v) is 2.95. The highest BCUT2D eigenvalue weighted by Gasteiger charge is 2.23. The van der Waals surface area contributed by atoms with E-state index < -0.39 is 0 Å². The molecule has 1 aromatic carbocycles. The molecule has 0 saturated carbocycles. The van der Waals surface area contributed by atoms with Crippen LogP contribution in [-0.4, -0.2) is 17.0 Å². The zero-order valence-corrected chi connectivity index (χ0v) is 12.7. The number of nitrogens with one attached hydrogen (secondary N) is 1. The molecular weight excluding hydrogens is 328 g/mol. The molecule has 3 rings (SSSR count). The first-order valence-corrected chi connectivity index (χ1v) is 7.06. The molecular formula is C13H12BrClN4. The van der Waals surface area contributed by atoms with Gasteiger partial charge in [0.2, 0.25) is 0 Å². The van der Waals surface area contributed by atoms with Crippen molar-refractivity contribution in [3.8, 4) is 0 Å². The fourth-order valence-electron chi connectivity index (χ4n) is 2.32. The van der Waals surface area contributed by atoms with Crippen molar-refractivity contribution in [2.75, 3.05) is 17.3 Å². The summed E-state index contributed by atoms with van der Waals surface area (Å²) in [6.45, 7) is 1.67. The molecule has 0 bridgehead atoms. The molecule has 0 amide bonds. The highest BCUT2D eigenvalue weighted by atomic mass is 79.9. The molecule has 0 radical (unpaired) electrons. The van der Waals surface area contributed by atoms with Crippen LogP contribution in [0.3, 0.4) is 0 Å². The smallest absolute Gasteiger partial charge is 0.157 e. The van der Waals surface area contributed by atoms with Crippen LogP contribution in [0.4, 0.5) is 11.5 Å². The molecule has 2 heterocycles. The van der Waals surface area contributed by atoms with Gasteiger partial charge in [-0.05, 0) is 23.3 Å². The Morgan fingerprint density at radius 2 is 2.05 bits per heavy atom. The summed E-state index contributed by atoms with van der Waals surface area (Å²) in [5, 5.41) is 3.52. The molecule has 0 atom stereocenters. The van der Waals surface area contributed by atoms with Crippen LogP contribution < -0.4 is 10.2 Å². The molecule has 1 aliphatic heterocycles. The van der Waals surface area contributed by atoms with E-state index in [0.717, 1.165) is 29.1 Å². The Hall–Kier alpha value is -1.33. The fraction of sp³-hybridized carbons (Fsp3) is 0.231. The van der Waals surface area contributed by atoms with Gasteiger partial charge in [-0.15, -0.1) is 0 Å². The van der Waals surface area contributed by atoms with Gasteiger partial charge in [0, 0.05) is 24.6 Å². The van der Waals surface area contributed by atoms with E-state index in [-0.39, 0.29) is 0 Å². The van der Waals surface area contributed by atoms with E-state index in [0.29, 0.717) is 5.15 Å². The lowest BCUT2D eigenvalue weighted by Crippen LogP contribution is -2.18. The van der Waals surface area contributed by atoms with E-state index in [1.807, 2.05) is 7.05 Å². The number of rotatable bonds is 2. The zero-order chi connectivity index (χ0) is 13.4. The quantitative estimate of drug-likeness (QED) is 0.851. The van der Waals surface area contributed by atoms with Gasteiger partial charge in [-0.25, -0.2) is 9.97 Å². The van der Waals surface area contributed by atoms with E-state index >= 15 is 0 Å². The van der Waals surface area contributed by atoms with Gasteiger partial charge in [0.25, 0.3) is 0 Å². The average Bonchev–Trinajstić information content (AvgIpc) is 2.81. The second-order valence-electron chi connectivity index (χ2n) is 4.38. The van der Waals surface area contributed by atoms with Crippen LogP contribution in [-0.2, 0) is 13.1 Å². The van der Waals surface area contributed by atoms with E-state index in [1.54, 1.807) is 0 Å². The normalized spacial score (nSPS) is 13.5. The molecule has 0 spiro atoms. The average molecular weight is 340 g/mol. The minimum Gasteiger partial charge on any atom is -0.383 e. The standard InChI is InChI=1S/C13H12BrClN4/c1-16-11-12(15)17-7-18-13(11)19-5-8-2-3-10(14)4-9(8)6-19/h2-4,7,16H,5-6H2,1H3. The van der Waals surface area contributed by atoms with Gasteiger partial charge in [-0.1, -0.05) is 33.6 Å². The summed E-state index contributed by atoms with van der Waals surface area (Å²) in [6.07, 6.45) is 1.50. The second-order valence-corrected chi connectivity index (χ2v) is 5.66. The maximum atomic E-state index is 6.10. The Morgan fingerprint density at radius 3 is 2.84 bits per heavy atom. The monoisotopic (exact) mass is 338 g/mol. The molecule has 1 N–H and O–H groups in total. The minimum absolute atomic E-state index is 0.449. The minimum atomic E-state index is 0.449. The molecule has 98 valence electrons. The summed E-state index contributed by atoms with van der Waals surface area (Å²) in [7, 11) is 1.83. The number of anilines is 2. The lowest BCUT2D eigenvalue weighted by Gasteiger charge is -2.19. The summed E-state index contributed by atoms with van der Waals surface area (Å²) >= 11 is 9.60. The summed E-state index contributed by atoms with van der Waals surface area (Å²) in [5.41, 5.74) is 3.40. The summed E-state index contributed by atoms with van der Waals surface area (Å²) < 4.78 is 1.10. The third kappa shape index (κ3) is 2.28. The number of hydrogen-bond acceptors (Lipinski definition) is 4. The van der Waals surface area contributed by atoms with Crippen molar-refractivity contribution in [2.24, 2.45) is 0 Å². The van der Waals surface area contributed by atoms with Gasteiger partial charge < -0.3 is 10.2 Å². The van der Waals surface area contributed by atoms with E-state index in [4.69, 9.17) is 11.6 Å². The molecule has 1 aromatic heterocycles. The van der Waals surface area contributed by atoms with Crippen molar-refractivity contribution in [3.63, 3.8) is 0 Å². The van der Waals surface area contributed by atoms with Crippen LogP contribution >= 0.6 is 27.5 Å². The van der Waals surface area contributed by atoms with Crippen molar-refractivity contribution >= 4 is 39.0 Å². The second kappa shape index (κ2) is 4.98. The number of halogens is 2. The zero-order valence-electron chi connectivity index (χ0n) is 10.3. The maximum Gasteiger partial charge on any atom is 0.157 e. The van der Waals surface area contributed by atoms with Gasteiger partial charge in [-0.3, -0.25) is 0 Å². The molecule has 6 heteroatoms. The van der Waals surface area contributed by atoms with Crippen molar-refractivity contribution in [1.29, 1.82) is 0 Å². The highest BCUT2D eigenvalue weighted by Crippen LogP contribution is 2.35. The van der Waals surface area contributed by atoms with Crippen molar-refractivity contribution in [1.82, 2.24) is 9.97 Å². The maximum absolute atomic E-state index is 6.10. The lowest BCUT2D eigenvalue weighted by atomic mass is 10.1. The van der Waals surface area contributed by atoms with Crippen molar-refractivity contribution in [3.05, 3.63) is 45.3 Å². The summed E-state index contributed by atoms with van der Waals surface area (Å²) in [6, 6.07) is 6.35. The molecule has 4 nitrogen and oxygen atoms in total. The third-order valence-corrected chi connectivity index (χ3v) is 4.00. The number of hydrogen-bond donors (Lipinski definition) is 1. The van der Waals surface area contributed by atoms with Crippen LogP contribution in [0.15, 0.2) is 29.0 Å². The molecule has 2 aromatic rings. The Morgan fingerprint density at radius 1 is 1.26 bits per heavy atom. The van der Waals surface area contributed by atoms with Crippen LogP contribution in [0.1, 0.15) is 11.1 Å². The highest BCUT2D eigenvalue weighted by molar-refractivity contribution is 9.10. The van der Waals surface area contributed by atoms with Gasteiger partial charge >= 0.3 is 0 Å². The Labute approximate surface area is 124 Å². The van der Waals surface area contributed by atoms with Gasteiger partial charge in [0.05, 0.1) is 0 Å². The van der Waals surface area contributed by atoms with E-state index in [2.05, 4.69) is 54.3 Å². The number of fused-ring (bicyclic) bond motifs is 1. The molecule has 0 unspecified atom stereocenters. The summed E-state index contributed by atoms with van der Waals surface area (Å²) in [5.74, 6) is 0.842. The third-order valence-electron chi connectivity index (χ3n) is 3.22. The van der Waals surface area contributed by atoms with Gasteiger partial charge in [0.1, 0.15) is 12.0 Å². The van der Waals surface area contributed by atoms with Crippen LogP contribution in [0.25, 0.3) is 0 Å². The molecule has 0 fully saturated rings.